The van der Waals surface area contributed by atoms with Crippen LogP contribution in [0.2, 0.25) is 0 Å². The number of carbonyl (C=O) groups excluding carboxylic acids is 2. The molecule has 1 fully saturated rings. The number of aryl methyl sites for hydroxylation is 1. The number of rotatable bonds is 3. The lowest BCUT2D eigenvalue weighted by molar-refractivity contribution is 0.0600. The lowest BCUT2D eigenvalue weighted by atomic mass is 10.0. The predicted molar refractivity (Wildman–Crippen MR) is 89.8 cm³/mol. The highest BCUT2D eigenvalue weighted by Gasteiger charge is 2.31. The number of likely N-dealkylation sites (tertiary alicyclic amines) is 1. The Morgan fingerprint density at radius 3 is 2.74 bits per heavy atom. The van der Waals surface area contributed by atoms with Gasteiger partial charge in [-0.3, -0.25) is 4.79 Å². The summed E-state index contributed by atoms with van der Waals surface area (Å²) in [6.45, 7) is 2.63. The van der Waals surface area contributed by atoms with Crippen LogP contribution < -0.4 is 0 Å². The molecule has 120 valence electrons. The highest BCUT2D eigenvalue weighted by atomic mass is 32.1. The van der Waals surface area contributed by atoms with Gasteiger partial charge >= 0.3 is 5.97 Å². The Labute approximate surface area is 139 Å². The van der Waals surface area contributed by atoms with Gasteiger partial charge in [-0.1, -0.05) is 6.07 Å². The van der Waals surface area contributed by atoms with Crippen molar-refractivity contribution in [1.82, 2.24) is 4.90 Å². The molecular formula is C18H19NO3S. The molecule has 1 saturated heterocycles. The van der Waals surface area contributed by atoms with Gasteiger partial charge in [-0.2, -0.15) is 0 Å². The number of ether oxygens (including phenoxy) is 1. The SMILES string of the molecule is COC(=O)c1cc(C)cc(C(=O)N2CCCC2c2cccs2)c1. The molecule has 0 radical (unpaired) electrons. The second-order valence-corrected chi connectivity index (χ2v) is 6.73. The third kappa shape index (κ3) is 3.15. The molecule has 5 heteroatoms. The van der Waals surface area contributed by atoms with Crippen LogP contribution in [-0.2, 0) is 4.74 Å². The molecule has 1 aromatic carbocycles. The molecule has 3 rings (SSSR count). The number of esters is 1. The summed E-state index contributed by atoms with van der Waals surface area (Å²) < 4.78 is 4.77. The van der Waals surface area contributed by atoms with Crippen LogP contribution >= 0.6 is 11.3 Å². The fourth-order valence-corrected chi connectivity index (χ4v) is 3.97. The third-order valence-corrected chi connectivity index (χ3v) is 5.10. The summed E-state index contributed by atoms with van der Waals surface area (Å²) in [6, 6.07) is 9.44. The van der Waals surface area contributed by atoms with Crippen molar-refractivity contribution in [3.05, 3.63) is 57.3 Å². The molecule has 2 aromatic rings. The number of benzene rings is 1. The van der Waals surface area contributed by atoms with E-state index in [1.54, 1.807) is 23.5 Å². The molecular weight excluding hydrogens is 310 g/mol. The Kier molecular flexibility index (Phi) is 4.48. The van der Waals surface area contributed by atoms with E-state index in [1.165, 1.54) is 12.0 Å². The van der Waals surface area contributed by atoms with E-state index in [2.05, 4.69) is 6.07 Å². The zero-order chi connectivity index (χ0) is 16.4. The molecule has 0 bridgehead atoms. The van der Waals surface area contributed by atoms with Crippen molar-refractivity contribution < 1.29 is 14.3 Å². The first kappa shape index (κ1) is 15.7. The number of hydrogen-bond donors (Lipinski definition) is 0. The van der Waals surface area contributed by atoms with Crippen LogP contribution in [-0.4, -0.2) is 30.4 Å². The molecule has 1 atom stereocenters. The van der Waals surface area contributed by atoms with Crippen LogP contribution in [0, 0.1) is 6.92 Å². The number of amides is 1. The second-order valence-electron chi connectivity index (χ2n) is 5.75. The van der Waals surface area contributed by atoms with Gasteiger partial charge in [0.1, 0.15) is 0 Å². The van der Waals surface area contributed by atoms with Crippen molar-refractivity contribution in [2.75, 3.05) is 13.7 Å². The molecule has 4 nitrogen and oxygen atoms in total. The number of hydrogen-bond acceptors (Lipinski definition) is 4. The summed E-state index contributed by atoms with van der Waals surface area (Å²) in [7, 11) is 1.35. The van der Waals surface area contributed by atoms with E-state index in [0.717, 1.165) is 24.9 Å². The maximum absolute atomic E-state index is 12.9. The predicted octanol–water partition coefficient (Wildman–Crippen LogP) is 3.82. The van der Waals surface area contributed by atoms with E-state index in [0.29, 0.717) is 11.1 Å². The highest BCUT2D eigenvalue weighted by molar-refractivity contribution is 7.10. The van der Waals surface area contributed by atoms with E-state index in [4.69, 9.17) is 4.74 Å². The molecule has 2 heterocycles. The van der Waals surface area contributed by atoms with Gasteiger partial charge < -0.3 is 9.64 Å². The Morgan fingerprint density at radius 1 is 1.26 bits per heavy atom. The maximum Gasteiger partial charge on any atom is 0.337 e. The average Bonchev–Trinajstić information content (AvgIpc) is 3.23. The van der Waals surface area contributed by atoms with Gasteiger partial charge in [0.2, 0.25) is 0 Å². The minimum Gasteiger partial charge on any atom is -0.465 e. The van der Waals surface area contributed by atoms with Crippen molar-refractivity contribution in [3.8, 4) is 0 Å². The van der Waals surface area contributed by atoms with Crippen molar-refractivity contribution in [2.45, 2.75) is 25.8 Å². The summed E-state index contributed by atoms with van der Waals surface area (Å²) in [5.41, 5.74) is 1.85. The van der Waals surface area contributed by atoms with Gasteiger partial charge in [-0.25, -0.2) is 4.79 Å². The summed E-state index contributed by atoms with van der Waals surface area (Å²) in [6.07, 6.45) is 1.99. The molecule has 1 aliphatic rings. The van der Waals surface area contributed by atoms with Crippen LogP contribution in [0.3, 0.4) is 0 Å². The summed E-state index contributed by atoms with van der Waals surface area (Å²) in [4.78, 5) is 27.9. The molecule has 23 heavy (non-hydrogen) atoms. The zero-order valence-corrected chi connectivity index (χ0v) is 14.1. The van der Waals surface area contributed by atoms with Crippen LogP contribution in [0.25, 0.3) is 0 Å². The normalized spacial score (nSPS) is 17.3. The van der Waals surface area contributed by atoms with Crippen LogP contribution in [0.15, 0.2) is 35.7 Å². The Bertz CT molecular complexity index is 724. The average molecular weight is 329 g/mol. The second kappa shape index (κ2) is 6.54. The van der Waals surface area contributed by atoms with Crippen LogP contribution in [0.1, 0.15) is 50.0 Å². The summed E-state index contributed by atoms with van der Waals surface area (Å²) in [5, 5.41) is 2.04. The zero-order valence-electron chi connectivity index (χ0n) is 13.2. The first-order valence-electron chi connectivity index (χ1n) is 7.64. The van der Waals surface area contributed by atoms with Gasteiger partial charge in [0.15, 0.2) is 0 Å². The van der Waals surface area contributed by atoms with E-state index in [9.17, 15) is 9.59 Å². The van der Waals surface area contributed by atoms with E-state index >= 15 is 0 Å². The Hall–Kier alpha value is -2.14. The molecule has 1 aliphatic heterocycles. The minimum atomic E-state index is -0.418. The largest absolute Gasteiger partial charge is 0.465 e. The van der Waals surface area contributed by atoms with Gasteiger partial charge in [-0.05, 0) is 55.0 Å². The number of thiophene rings is 1. The van der Waals surface area contributed by atoms with E-state index in [1.807, 2.05) is 29.3 Å². The maximum atomic E-state index is 12.9. The standard InChI is InChI=1S/C18H19NO3S/c1-12-9-13(11-14(10-12)18(21)22-2)17(20)19-7-3-5-15(19)16-6-4-8-23-16/h4,6,8-11,15H,3,5,7H2,1-2H3. The van der Waals surface area contributed by atoms with E-state index in [-0.39, 0.29) is 11.9 Å². The summed E-state index contributed by atoms with van der Waals surface area (Å²) in [5.74, 6) is -0.436. The third-order valence-electron chi connectivity index (χ3n) is 4.13. The highest BCUT2D eigenvalue weighted by Crippen LogP contribution is 2.35. The first-order chi connectivity index (χ1) is 11.1. The van der Waals surface area contributed by atoms with Crippen LogP contribution in [0.4, 0.5) is 0 Å². The topological polar surface area (TPSA) is 46.6 Å². The quantitative estimate of drug-likeness (QED) is 0.804. The Morgan fingerprint density at radius 2 is 2.04 bits per heavy atom. The lowest BCUT2D eigenvalue weighted by Crippen LogP contribution is -2.30. The van der Waals surface area contributed by atoms with Gasteiger partial charge in [-0.15, -0.1) is 11.3 Å². The molecule has 1 unspecified atom stereocenters. The first-order valence-corrected chi connectivity index (χ1v) is 8.52. The monoisotopic (exact) mass is 329 g/mol. The van der Waals surface area contributed by atoms with Crippen molar-refractivity contribution in [1.29, 1.82) is 0 Å². The molecule has 0 saturated carbocycles. The molecule has 1 amide bonds. The number of methoxy groups -OCH3 is 1. The minimum absolute atomic E-state index is 0.0187. The van der Waals surface area contributed by atoms with Crippen molar-refractivity contribution in [2.24, 2.45) is 0 Å². The number of carbonyl (C=O) groups is 2. The fraction of sp³-hybridized carbons (Fsp3) is 0.333. The van der Waals surface area contributed by atoms with Gasteiger partial charge in [0.25, 0.3) is 5.91 Å². The van der Waals surface area contributed by atoms with Crippen molar-refractivity contribution >= 4 is 23.2 Å². The summed E-state index contributed by atoms with van der Waals surface area (Å²) >= 11 is 1.68. The molecule has 0 aliphatic carbocycles. The van der Waals surface area contributed by atoms with Crippen LogP contribution in [0.5, 0.6) is 0 Å². The van der Waals surface area contributed by atoms with E-state index < -0.39 is 5.97 Å². The fourth-order valence-electron chi connectivity index (χ4n) is 3.09. The van der Waals surface area contributed by atoms with Gasteiger partial charge in [0.05, 0.1) is 18.7 Å². The number of nitrogens with zero attached hydrogens (tertiary/aromatic N) is 1. The van der Waals surface area contributed by atoms with Crippen molar-refractivity contribution in [3.63, 3.8) is 0 Å². The molecule has 1 aromatic heterocycles. The van der Waals surface area contributed by atoms with Gasteiger partial charge in [0, 0.05) is 17.0 Å². The lowest BCUT2D eigenvalue weighted by Gasteiger charge is -2.24. The molecule has 0 N–H and O–H groups in total. The Balaban J connectivity index is 1.90. The smallest absolute Gasteiger partial charge is 0.337 e. The molecule has 0 spiro atoms.